The van der Waals surface area contributed by atoms with Gasteiger partial charge in [-0.15, -0.1) is 0 Å². The fraction of sp³-hybridized carbons (Fsp3) is 0.190. The van der Waals surface area contributed by atoms with Gasteiger partial charge in [-0.1, -0.05) is 59.8 Å². The van der Waals surface area contributed by atoms with Crippen molar-refractivity contribution in [3.05, 3.63) is 77.9 Å². The van der Waals surface area contributed by atoms with Crippen LogP contribution in [0.4, 0.5) is 0 Å². The summed E-state index contributed by atoms with van der Waals surface area (Å²) in [5, 5.41) is 6.49. The zero-order chi connectivity index (χ0) is 19.4. The second-order valence-corrected chi connectivity index (χ2v) is 8.55. The van der Waals surface area contributed by atoms with E-state index in [9.17, 15) is 8.42 Å². The number of hydrogen-bond acceptors (Lipinski definition) is 4. The van der Waals surface area contributed by atoms with E-state index in [1.807, 2.05) is 31.2 Å². The fourth-order valence-electron chi connectivity index (χ4n) is 2.75. The van der Waals surface area contributed by atoms with E-state index in [2.05, 4.69) is 23.4 Å². The maximum absolute atomic E-state index is 12.1. The first-order valence-electron chi connectivity index (χ1n) is 8.56. The second-order valence-electron chi connectivity index (χ2n) is 6.40. The minimum Gasteiger partial charge on any atom is -0.391 e. The lowest BCUT2D eigenvalue weighted by Gasteiger charge is -2.11. The number of rotatable bonds is 6. The summed E-state index contributed by atoms with van der Waals surface area (Å²) in [6, 6.07) is 20.9. The van der Waals surface area contributed by atoms with E-state index in [-0.39, 0.29) is 4.90 Å². The van der Waals surface area contributed by atoms with Gasteiger partial charge in [-0.05, 0) is 41.0 Å². The second kappa shape index (κ2) is 7.90. The summed E-state index contributed by atoms with van der Waals surface area (Å²) in [5.74, 6) is 0. The molecule has 0 heterocycles. The molecule has 0 amide bonds. The minimum atomic E-state index is -3.43. The van der Waals surface area contributed by atoms with Crippen LogP contribution in [0.15, 0.2) is 76.8 Å². The van der Waals surface area contributed by atoms with Crippen LogP contribution in [0.2, 0.25) is 0 Å². The number of fused-ring (bicyclic) bond motifs is 1. The molecule has 0 unspecified atom stereocenters. The molecule has 0 saturated heterocycles. The average Bonchev–Trinajstić information content (AvgIpc) is 2.68. The summed E-state index contributed by atoms with van der Waals surface area (Å²) < 4.78 is 25.4. The smallest absolute Gasteiger partial charge is 0.242 e. The molecule has 0 atom stereocenters. The molecule has 0 aliphatic carbocycles. The highest BCUT2D eigenvalue weighted by molar-refractivity contribution is 7.89. The van der Waals surface area contributed by atoms with Gasteiger partial charge in [0.25, 0.3) is 0 Å². The molecule has 0 bridgehead atoms. The summed E-state index contributed by atoms with van der Waals surface area (Å²) in [7, 11) is -0.409. The molecule has 3 rings (SSSR count). The van der Waals surface area contributed by atoms with Crippen LogP contribution in [0, 0.1) is 0 Å². The number of oxime groups is 1. The van der Waals surface area contributed by atoms with E-state index in [1.54, 1.807) is 24.3 Å². The van der Waals surface area contributed by atoms with Gasteiger partial charge in [-0.3, -0.25) is 0 Å². The zero-order valence-corrected chi connectivity index (χ0v) is 16.4. The molecule has 27 heavy (non-hydrogen) atoms. The molecule has 0 aliphatic heterocycles. The monoisotopic (exact) mass is 382 g/mol. The van der Waals surface area contributed by atoms with Gasteiger partial charge in [0.1, 0.15) is 6.61 Å². The minimum absolute atomic E-state index is 0.251. The molecule has 3 aromatic rings. The third-order valence-corrected chi connectivity index (χ3v) is 6.18. The van der Waals surface area contributed by atoms with Crippen LogP contribution < -0.4 is 0 Å². The van der Waals surface area contributed by atoms with Gasteiger partial charge in [-0.2, -0.15) is 0 Å². The molecule has 3 aromatic carbocycles. The Hall–Kier alpha value is -2.70. The highest BCUT2D eigenvalue weighted by Crippen LogP contribution is 2.19. The summed E-state index contributed by atoms with van der Waals surface area (Å²) in [4.78, 5) is 5.79. The summed E-state index contributed by atoms with van der Waals surface area (Å²) in [6.07, 6.45) is 0. The normalized spacial score (nSPS) is 12.5. The van der Waals surface area contributed by atoms with E-state index in [1.165, 1.54) is 18.4 Å². The lowest BCUT2D eigenvalue weighted by molar-refractivity contribution is 0.131. The van der Waals surface area contributed by atoms with Gasteiger partial charge < -0.3 is 4.84 Å². The van der Waals surface area contributed by atoms with Crippen molar-refractivity contribution in [2.45, 2.75) is 18.4 Å². The Balaban J connectivity index is 1.72. The maximum Gasteiger partial charge on any atom is 0.242 e. The van der Waals surface area contributed by atoms with Crippen LogP contribution in [0.1, 0.15) is 18.1 Å². The molecule has 140 valence electrons. The first-order chi connectivity index (χ1) is 12.9. The predicted molar refractivity (Wildman–Crippen MR) is 108 cm³/mol. The summed E-state index contributed by atoms with van der Waals surface area (Å²) in [6.45, 7) is 2.20. The van der Waals surface area contributed by atoms with Crippen molar-refractivity contribution < 1.29 is 13.3 Å². The van der Waals surface area contributed by atoms with Crippen LogP contribution >= 0.6 is 0 Å². The van der Waals surface area contributed by atoms with Crippen LogP contribution in [-0.4, -0.2) is 32.5 Å². The summed E-state index contributed by atoms with van der Waals surface area (Å²) in [5.41, 5.74) is 2.56. The average molecular weight is 382 g/mol. The molecule has 0 aromatic heterocycles. The highest BCUT2D eigenvalue weighted by atomic mass is 32.2. The Bertz CT molecular complexity index is 1070. The topological polar surface area (TPSA) is 59.0 Å². The van der Waals surface area contributed by atoms with Crippen molar-refractivity contribution in [3.8, 4) is 0 Å². The first kappa shape index (κ1) is 19.1. The molecule has 5 nitrogen and oxygen atoms in total. The van der Waals surface area contributed by atoms with Gasteiger partial charge in [0.2, 0.25) is 10.0 Å². The highest BCUT2D eigenvalue weighted by Gasteiger charge is 2.16. The van der Waals surface area contributed by atoms with Crippen LogP contribution in [0.25, 0.3) is 10.8 Å². The molecule has 0 fully saturated rings. The maximum atomic E-state index is 12.1. The number of hydrogen-bond donors (Lipinski definition) is 0. The van der Waals surface area contributed by atoms with Crippen LogP contribution in [0.5, 0.6) is 0 Å². The van der Waals surface area contributed by atoms with Crippen molar-refractivity contribution in [1.29, 1.82) is 0 Å². The van der Waals surface area contributed by atoms with Crippen molar-refractivity contribution >= 4 is 26.5 Å². The van der Waals surface area contributed by atoms with Crippen molar-refractivity contribution in [2.75, 3.05) is 14.1 Å². The largest absolute Gasteiger partial charge is 0.391 e. The molecule has 0 saturated carbocycles. The standard InChI is InChI=1S/C21H22N2O3S/c1-16(17-11-13-20(14-12-17)27(24,25)23(2)3)22-26-15-19-9-6-8-18-7-4-5-10-21(18)19/h4-14H,15H2,1-3H3. The molecular weight excluding hydrogens is 360 g/mol. The van der Waals surface area contributed by atoms with Gasteiger partial charge in [0.15, 0.2) is 0 Å². The SMILES string of the molecule is CC(=NOCc1cccc2ccccc12)c1ccc(S(=O)(=O)N(C)C)cc1. The lowest BCUT2D eigenvalue weighted by Crippen LogP contribution is -2.22. The Labute approximate surface area is 159 Å². The Morgan fingerprint density at radius 1 is 0.963 bits per heavy atom. The quantitative estimate of drug-likeness (QED) is 0.478. The van der Waals surface area contributed by atoms with E-state index in [0.29, 0.717) is 12.3 Å². The van der Waals surface area contributed by atoms with E-state index in [0.717, 1.165) is 21.9 Å². The zero-order valence-electron chi connectivity index (χ0n) is 15.6. The van der Waals surface area contributed by atoms with Gasteiger partial charge in [0, 0.05) is 14.1 Å². The number of sulfonamides is 1. The van der Waals surface area contributed by atoms with E-state index < -0.39 is 10.0 Å². The fourth-order valence-corrected chi connectivity index (χ4v) is 3.65. The van der Waals surface area contributed by atoms with Gasteiger partial charge >= 0.3 is 0 Å². The summed E-state index contributed by atoms with van der Waals surface area (Å²) >= 11 is 0. The third kappa shape index (κ3) is 4.18. The van der Waals surface area contributed by atoms with Crippen molar-refractivity contribution in [2.24, 2.45) is 5.16 Å². The Morgan fingerprint density at radius 3 is 2.33 bits per heavy atom. The number of benzene rings is 3. The number of nitrogens with zero attached hydrogens (tertiary/aromatic N) is 2. The van der Waals surface area contributed by atoms with E-state index >= 15 is 0 Å². The van der Waals surface area contributed by atoms with Crippen LogP contribution in [0.3, 0.4) is 0 Å². The molecule has 0 radical (unpaired) electrons. The third-order valence-electron chi connectivity index (χ3n) is 4.35. The Kier molecular flexibility index (Phi) is 5.58. The molecule has 0 spiro atoms. The first-order valence-corrected chi connectivity index (χ1v) is 10.00. The molecule has 6 heteroatoms. The van der Waals surface area contributed by atoms with Gasteiger partial charge in [0.05, 0.1) is 10.6 Å². The lowest BCUT2D eigenvalue weighted by atomic mass is 10.1. The van der Waals surface area contributed by atoms with Gasteiger partial charge in [-0.25, -0.2) is 12.7 Å². The van der Waals surface area contributed by atoms with E-state index in [4.69, 9.17) is 4.84 Å². The molecule has 0 aliphatic rings. The molecular formula is C21H22N2O3S. The van der Waals surface area contributed by atoms with Crippen molar-refractivity contribution in [1.82, 2.24) is 4.31 Å². The Morgan fingerprint density at radius 2 is 1.63 bits per heavy atom. The van der Waals surface area contributed by atoms with Crippen LogP contribution in [-0.2, 0) is 21.5 Å². The van der Waals surface area contributed by atoms with Crippen molar-refractivity contribution in [3.63, 3.8) is 0 Å². The predicted octanol–water partition coefficient (Wildman–Crippen LogP) is 4.03. The molecule has 0 N–H and O–H groups in total.